The van der Waals surface area contributed by atoms with Crippen LogP contribution in [0.3, 0.4) is 0 Å². The molecule has 0 fully saturated rings. The molecule has 1 atom stereocenters. The smallest absolute Gasteiger partial charge is 0.231 e. The minimum absolute atomic E-state index is 0.0461. The standard InChI is InChI=1S/C23H28N2O/c1-16(2)18-8-9-21-20(12-18)13-24(3)15-22(21)23(26)25-11-10-17-6-4-5-7-19(17)14-25/h4-9,12,16,22H,10-11,13-15H2,1-3H3. The average molecular weight is 348 g/mol. The van der Waals surface area contributed by atoms with Gasteiger partial charge in [-0.15, -0.1) is 0 Å². The fourth-order valence-corrected chi connectivity index (χ4v) is 4.34. The first-order valence-corrected chi connectivity index (χ1v) is 9.69. The molecule has 4 rings (SSSR count). The molecule has 0 aliphatic carbocycles. The maximum atomic E-state index is 13.4. The van der Waals surface area contributed by atoms with Gasteiger partial charge < -0.3 is 9.80 Å². The number of hydrogen-bond donors (Lipinski definition) is 0. The Morgan fingerprint density at radius 2 is 1.81 bits per heavy atom. The van der Waals surface area contributed by atoms with Crippen molar-refractivity contribution >= 4 is 5.91 Å². The molecule has 0 radical (unpaired) electrons. The molecule has 0 N–H and O–H groups in total. The molecule has 0 spiro atoms. The Bertz CT molecular complexity index is 827. The third kappa shape index (κ3) is 3.16. The molecule has 26 heavy (non-hydrogen) atoms. The first kappa shape index (κ1) is 17.3. The first-order chi connectivity index (χ1) is 12.5. The Morgan fingerprint density at radius 3 is 2.58 bits per heavy atom. The third-order valence-corrected chi connectivity index (χ3v) is 5.88. The van der Waals surface area contributed by atoms with Gasteiger partial charge in [0.1, 0.15) is 0 Å². The van der Waals surface area contributed by atoms with Crippen LogP contribution in [0.1, 0.15) is 53.5 Å². The van der Waals surface area contributed by atoms with Gasteiger partial charge in [0.2, 0.25) is 5.91 Å². The molecular formula is C23H28N2O. The fraction of sp³-hybridized carbons (Fsp3) is 0.435. The molecule has 3 nitrogen and oxygen atoms in total. The van der Waals surface area contributed by atoms with Crippen LogP contribution in [-0.2, 0) is 24.3 Å². The number of carbonyl (C=O) groups is 1. The monoisotopic (exact) mass is 348 g/mol. The summed E-state index contributed by atoms with van der Waals surface area (Å²) in [4.78, 5) is 17.7. The molecule has 136 valence electrons. The number of rotatable bonds is 2. The highest BCUT2D eigenvalue weighted by Crippen LogP contribution is 2.32. The number of likely N-dealkylation sites (N-methyl/N-ethyl adjacent to an activating group) is 1. The molecule has 3 heteroatoms. The summed E-state index contributed by atoms with van der Waals surface area (Å²) in [7, 11) is 2.12. The quantitative estimate of drug-likeness (QED) is 0.821. The molecule has 0 aromatic heterocycles. The topological polar surface area (TPSA) is 23.6 Å². The van der Waals surface area contributed by atoms with Crippen LogP contribution in [0.15, 0.2) is 42.5 Å². The van der Waals surface area contributed by atoms with Gasteiger partial charge in [-0.25, -0.2) is 0 Å². The van der Waals surface area contributed by atoms with E-state index in [-0.39, 0.29) is 11.8 Å². The van der Waals surface area contributed by atoms with Crippen LogP contribution in [0.25, 0.3) is 0 Å². The van der Waals surface area contributed by atoms with Crippen LogP contribution in [-0.4, -0.2) is 35.8 Å². The molecule has 2 aliphatic heterocycles. The first-order valence-electron chi connectivity index (χ1n) is 9.69. The lowest BCUT2D eigenvalue weighted by atomic mass is 9.85. The van der Waals surface area contributed by atoms with Crippen LogP contribution in [0.5, 0.6) is 0 Å². The Kier molecular flexibility index (Phi) is 4.58. The van der Waals surface area contributed by atoms with Crippen molar-refractivity contribution in [2.75, 3.05) is 20.1 Å². The van der Waals surface area contributed by atoms with Crippen LogP contribution in [0.4, 0.5) is 0 Å². The van der Waals surface area contributed by atoms with Crippen molar-refractivity contribution in [2.45, 2.75) is 45.2 Å². The zero-order valence-corrected chi connectivity index (χ0v) is 16.0. The van der Waals surface area contributed by atoms with Crippen molar-refractivity contribution in [3.8, 4) is 0 Å². The molecule has 2 aromatic carbocycles. The van der Waals surface area contributed by atoms with Crippen LogP contribution >= 0.6 is 0 Å². The highest BCUT2D eigenvalue weighted by Gasteiger charge is 2.33. The van der Waals surface area contributed by atoms with Crippen LogP contribution in [0.2, 0.25) is 0 Å². The maximum Gasteiger partial charge on any atom is 0.231 e. The number of hydrogen-bond acceptors (Lipinski definition) is 2. The minimum atomic E-state index is -0.0461. The lowest BCUT2D eigenvalue weighted by Gasteiger charge is -2.37. The zero-order valence-electron chi connectivity index (χ0n) is 16.0. The predicted molar refractivity (Wildman–Crippen MR) is 105 cm³/mol. The van der Waals surface area contributed by atoms with Crippen molar-refractivity contribution in [1.82, 2.24) is 9.80 Å². The van der Waals surface area contributed by atoms with E-state index in [2.05, 4.69) is 73.2 Å². The van der Waals surface area contributed by atoms with E-state index in [4.69, 9.17) is 0 Å². The summed E-state index contributed by atoms with van der Waals surface area (Å²) in [5.74, 6) is 0.750. The summed E-state index contributed by atoms with van der Waals surface area (Å²) in [6.45, 7) is 7.77. The lowest BCUT2D eigenvalue weighted by Crippen LogP contribution is -2.44. The Morgan fingerprint density at radius 1 is 1.04 bits per heavy atom. The number of fused-ring (bicyclic) bond motifs is 2. The van der Waals surface area contributed by atoms with E-state index in [9.17, 15) is 4.79 Å². The second kappa shape index (κ2) is 6.88. The van der Waals surface area contributed by atoms with Gasteiger partial charge in [-0.1, -0.05) is 56.3 Å². The van der Waals surface area contributed by atoms with E-state index >= 15 is 0 Å². The van der Waals surface area contributed by atoms with Crippen LogP contribution < -0.4 is 0 Å². The third-order valence-electron chi connectivity index (χ3n) is 5.88. The summed E-state index contributed by atoms with van der Waals surface area (Å²) in [6.07, 6.45) is 0.962. The SMILES string of the molecule is CC(C)c1ccc2c(c1)CN(C)CC2C(=O)N1CCc2ccccc2C1. The van der Waals surface area contributed by atoms with Crippen molar-refractivity contribution < 1.29 is 4.79 Å². The van der Waals surface area contributed by atoms with Gasteiger partial charge in [0, 0.05) is 26.2 Å². The number of benzene rings is 2. The fourth-order valence-electron chi connectivity index (χ4n) is 4.34. The molecule has 0 bridgehead atoms. The molecule has 0 saturated carbocycles. The summed E-state index contributed by atoms with van der Waals surface area (Å²) in [6, 6.07) is 15.2. The summed E-state index contributed by atoms with van der Waals surface area (Å²) >= 11 is 0. The summed E-state index contributed by atoms with van der Waals surface area (Å²) < 4.78 is 0. The second-order valence-electron chi connectivity index (χ2n) is 8.14. The maximum absolute atomic E-state index is 13.4. The van der Waals surface area contributed by atoms with Crippen molar-refractivity contribution in [2.24, 2.45) is 0 Å². The molecule has 0 saturated heterocycles. The van der Waals surface area contributed by atoms with Crippen molar-refractivity contribution in [1.29, 1.82) is 0 Å². The van der Waals surface area contributed by atoms with E-state index in [1.807, 2.05) is 0 Å². The van der Waals surface area contributed by atoms with Gasteiger partial charge in [0.05, 0.1) is 5.92 Å². The Hall–Kier alpha value is -2.13. The summed E-state index contributed by atoms with van der Waals surface area (Å²) in [5.41, 5.74) is 6.60. The van der Waals surface area contributed by atoms with E-state index in [0.29, 0.717) is 5.92 Å². The van der Waals surface area contributed by atoms with Gasteiger partial charge in [0.15, 0.2) is 0 Å². The predicted octanol–water partition coefficient (Wildman–Crippen LogP) is 3.92. The molecular weight excluding hydrogens is 320 g/mol. The van der Waals surface area contributed by atoms with Crippen LogP contribution in [0, 0.1) is 0 Å². The highest BCUT2D eigenvalue weighted by molar-refractivity contribution is 5.85. The average Bonchev–Trinajstić information content (AvgIpc) is 2.65. The van der Waals surface area contributed by atoms with E-state index in [1.54, 1.807) is 0 Å². The Labute approximate surface area is 156 Å². The zero-order chi connectivity index (χ0) is 18.3. The van der Waals surface area contributed by atoms with Gasteiger partial charge >= 0.3 is 0 Å². The van der Waals surface area contributed by atoms with Gasteiger partial charge in [-0.3, -0.25) is 4.79 Å². The Balaban J connectivity index is 1.61. The molecule has 2 aliphatic rings. The van der Waals surface area contributed by atoms with Crippen molar-refractivity contribution in [3.05, 3.63) is 70.3 Å². The lowest BCUT2D eigenvalue weighted by molar-refractivity contribution is -0.134. The van der Waals surface area contributed by atoms with Crippen molar-refractivity contribution in [3.63, 3.8) is 0 Å². The molecule has 1 unspecified atom stereocenters. The number of amides is 1. The normalized spacial score (nSPS) is 20.0. The van der Waals surface area contributed by atoms with E-state index in [0.717, 1.165) is 32.6 Å². The molecule has 1 amide bonds. The van der Waals surface area contributed by atoms with E-state index < -0.39 is 0 Å². The largest absolute Gasteiger partial charge is 0.337 e. The molecule has 2 heterocycles. The summed E-state index contributed by atoms with van der Waals surface area (Å²) in [5, 5.41) is 0. The number of nitrogens with zero attached hydrogens (tertiary/aromatic N) is 2. The van der Waals surface area contributed by atoms with E-state index in [1.165, 1.54) is 27.8 Å². The second-order valence-corrected chi connectivity index (χ2v) is 8.14. The van der Waals surface area contributed by atoms with Gasteiger partial charge in [-0.2, -0.15) is 0 Å². The van der Waals surface area contributed by atoms with Gasteiger partial charge in [0.25, 0.3) is 0 Å². The minimum Gasteiger partial charge on any atom is -0.337 e. The number of carbonyl (C=O) groups excluding carboxylic acids is 1. The van der Waals surface area contributed by atoms with Gasteiger partial charge in [-0.05, 0) is 47.2 Å². The highest BCUT2D eigenvalue weighted by atomic mass is 16.2. The molecule has 2 aromatic rings.